The zero-order valence-electron chi connectivity index (χ0n) is 13.7. The maximum atomic E-state index is 13.0. The highest BCUT2D eigenvalue weighted by Crippen LogP contribution is 2.25. The third kappa shape index (κ3) is 4.61. The predicted molar refractivity (Wildman–Crippen MR) is 92.1 cm³/mol. The Kier molecular flexibility index (Phi) is 5.36. The van der Waals surface area contributed by atoms with Gasteiger partial charge in [-0.25, -0.2) is 13.8 Å². The SMILES string of the molecule is O=C(O)Cn1nccc1C(=O)Nc1cnn(COc2ccc(F)cc2Cl)c1. The van der Waals surface area contributed by atoms with Crippen LogP contribution in [0, 0.1) is 5.82 Å². The predicted octanol–water partition coefficient (Wildman–Crippen LogP) is 2.25. The number of aliphatic carboxylic acids is 1. The number of benzene rings is 1. The number of hydrogen-bond acceptors (Lipinski definition) is 5. The number of carboxylic acid groups (broad SMARTS) is 1. The molecule has 140 valence electrons. The fourth-order valence-corrected chi connectivity index (χ4v) is 2.42. The smallest absolute Gasteiger partial charge is 0.325 e. The highest BCUT2D eigenvalue weighted by molar-refractivity contribution is 6.32. The van der Waals surface area contributed by atoms with E-state index in [4.69, 9.17) is 21.4 Å². The molecule has 2 N–H and O–H groups in total. The molecule has 2 aromatic heterocycles. The first-order valence-corrected chi connectivity index (χ1v) is 7.95. The standard InChI is InChI=1S/C16H13ClFN5O4/c17-12-5-10(18)1-2-14(12)27-9-22-7-11(6-20-22)21-16(26)13-3-4-19-23(13)8-15(24)25/h1-7H,8-9H2,(H,21,26)(H,24,25). The molecule has 0 saturated heterocycles. The largest absolute Gasteiger partial charge is 0.480 e. The van der Waals surface area contributed by atoms with Crippen LogP contribution in [-0.4, -0.2) is 36.5 Å². The van der Waals surface area contributed by atoms with Crippen molar-refractivity contribution in [1.29, 1.82) is 0 Å². The minimum absolute atomic E-state index is 0.0157. The lowest BCUT2D eigenvalue weighted by molar-refractivity contribution is -0.137. The number of amides is 1. The summed E-state index contributed by atoms with van der Waals surface area (Å²) in [5.41, 5.74) is 0.469. The van der Waals surface area contributed by atoms with Crippen LogP contribution in [0.5, 0.6) is 5.75 Å². The molecule has 0 aliphatic carbocycles. The van der Waals surface area contributed by atoms with Gasteiger partial charge in [-0.3, -0.25) is 9.59 Å². The van der Waals surface area contributed by atoms with E-state index >= 15 is 0 Å². The molecule has 0 bridgehead atoms. The molecule has 3 aromatic rings. The second-order valence-corrected chi connectivity index (χ2v) is 5.75. The Bertz CT molecular complexity index is 987. The van der Waals surface area contributed by atoms with Crippen LogP contribution in [0.15, 0.2) is 42.9 Å². The van der Waals surface area contributed by atoms with Crippen LogP contribution in [0.3, 0.4) is 0 Å². The third-order valence-corrected chi connectivity index (χ3v) is 3.67. The van der Waals surface area contributed by atoms with Crippen LogP contribution >= 0.6 is 11.6 Å². The van der Waals surface area contributed by atoms with Gasteiger partial charge in [0.1, 0.15) is 23.8 Å². The van der Waals surface area contributed by atoms with Crippen LogP contribution in [0.25, 0.3) is 0 Å². The van der Waals surface area contributed by atoms with Crippen molar-refractivity contribution < 1.29 is 23.8 Å². The number of nitrogens with one attached hydrogen (secondary N) is 1. The van der Waals surface area contributed by atoms with E-state index in [2.05, 4.69) is 15.5 Å². The first-order valence-electron chi connectivity index (χ1n) is 7.57. The van der Waals surface area contributed by atoms with Crippen molar-refractivity contribution >= 4 is 29.2 Å². The number of aromatic nitrogens is 4. The van der Waals surface area contributed by atoms with E-state index in [1.165, 1.54) is 41.5 Å². The van der Waals surface area contributed by atoms with Crippen molar-refractivity contribution in [3.63, 3.8) is 0 Å². The number of rotatable bonds is 7. The molecule has 0 aliphatic heterocycles. The number of carbonyl (C=O) groups excluding carboxylic acids is 1. The molecular formula is C16H13ClFN5O4. The molecule has 3 rings (SSSR count). The van der Waals surface area contributed by atoms with Gasteiger partial charge < -0.3 is 15.2 Å². The van der Waals surface area contributed by atoms with Crippen LogP contribution in [-0.2, 0) is 18.1 Å². The quantitative estimate of drug-likeness (QED) is 0.636. The van der Waals surface area contributed by atoms with E-state index < -0.39 is 24.2 Å². The van der Waals surface area contributed by atoms with Crippen LogP contribution < -0.4 is 10.1 Å². The lowest BCUT2D eigenvalue weighted by atomic mass is 10.3. The Morgan fingerprint density at radius 1 is 1.30 bits per heavy atom. The van der Waals surface area contributed by atoms with Gasteiger partial charge in [-0.2, -0.15) is 10.2 Å². The van der Waals surface area contributed by atoms with Crippen LogP contribution in [0.4, 0.5) is 10.1 Å². The first-order chi connectivity index (χ1) is 12.9. The minimum atomic E-state index is -1.11. The monoisotopic (exact) mass is 393 g/mol. The fraction of sp³-hybridized carbons (Fsp3) is 0.125. The van der Waals surface area contributed by atoms with Crippen molar-refractivity contribution in [3.8, 4) is 5.75 Å². The second kappa shape index (κ2) is 7.87. The molecule has 1 amide bonds. The van der Waals surface area contributed by atoms with Gasteiger partial charge in [0.15, 0.2) is 6.73 Å². The summed E-state index contributed by atoms with van der Waals surface area (Å²) in [6, 6.07) is 5.15. The van der Waals surface area contributed by atoms with E-state index in [9.17, 15) is 14.0 Å². The molecule has 2 heterocycles. The molecule has 0 spiro atoms. The van der Waals surface area contributed by atoms with Gasteiger partial charge in [0.2, 0.25) is 0 Å². The zero-order chi connectivity index (χ0) is 19.4. The number of carboxylic acids is 1. The molecule has 9 nitrogen and oxygen atoms in total. The van der Waals surface area contributed by atoms with E-state index in [1.807, 2.05) is 0 Å². The van der Waals surface area contributed by atoms with E-state index in [-0.39, 0.29) is 23.2 Å². The summed E-state index contributed by atoms with van der Waals surface area (Å²) >= 11 is 5.88. The van der Waals surface area contributed by atoms with Crippen molar-refractivity contribution in [1.82, 2.24) is 19.6 Å². The van der Waals surface area contributed by atoms with Crippen molar-refractivity contribution in [2.45, 2.75) is 13.3 Å². The van der Waals surface area contributed by atoms with E-state index in [0.29, 0.717) is 5.69 Å². The summed E-state index contributed by atoms with van der Waals surface area (Å²) in [5, 5.41) is 19.4. The molecule has 0 atom stereocenters. The number of carbonyl (C=O) groups is 2. The number of nitrogens with zero attached hydrogens (tertiary/aromatic N) is 4. The second-order valence-electron chi connectivity index (χ2n) is 5.34. The topological polar surface area (TPSA) is 111 Å². The average molecular weight is 394 g/mol. The molecule has 0 saturated carbocycles. The molecule has 0 unspecified atom stereocenters. The lowest BCUT2D eigenvalue weighted by Gasteiger charge is -2.08. The maximum absolute atomic E-state index is 13.0. The van der Waals surface area contributed by atoms with Gasteiger partial charge >= 0.3 is 5.97 Å². The summed E-state index contributed by atoms with van der Waals surface area (Å²) in [6.07, 6.45) is 4.24. The fourth-order valence-electron chi connectivity index (χ4n) is 2.20. The summed E-state index contributed by atoms with van der Waals surface area (Å²) in [4.78, 5) is 23.0. The minimum Gasteiger partial charge on any atom is -0.480 e. The molecule has 27 heavy (non-hydrogen) atoms. The van der Waals surface area contributed by atoms with Crippen molar-refractivity contribution in [3.05, 3.63) is 59.4 Å². The Hall–Kier alpha value is -3.40. The van der Waals surface area contributed by atoms with Crippen molar-refractivity contribution in [2.24, 2.45) is 0 Å². The Balaban J connectivity index is 1.61. The van der Waals surface area contributed by atoms with Crippen molar-refractivity contribution in [2.75, 3.05) is 5.32 Å². The highest BCUT2D eigenvalue weighted by Gasteiger charge is 2.15. The maximum Gasteiger partial charge on any atom is 0.325 e. The first kappa shape index (κ1) is 18.4. The van der Waals surface area contributed by atoms with Gasteiger partial charge in [-0.1, -0.05) is 11.6 Å². The molecule has 11 heteroatoms. The zero-order valence-corrected chi connectivity index (χ0v) is 14.4. The Morgan fingerprint density at radius 2 is 2.11 bits per heavy atom. The van der Waals surface area contributed by atoms with Crippen LogP contribution in [0.2, 0.25) is 5.02 Å². The van der Waals surface area contributed by atoms with Gasteiger partial charge in [0, 0.05) is 6.20 Å². The van der Waals surface area contributed by atoms with Gasteiger partial charge in [0.25, 0.3) is 5.91 Å². The average Bonchev–Trinajstić information content (AvgIpc) is 3.23. The molecule has 0 aliphatic rings. The normalized spacial score (nSPS) is 10.6. The molecular weight excluding hydrogens is 381 g/mol. The summed E-state index contributed by atoms with van der Waals surface area (Å²) < 4.78 is 20.9. The van der Waals surface area contributed by atoms with Gasteiger partial charge in [0.05, 0.1) is 23.1 Å². The third-order valence-electron chi connectivity index (χ3n) is 3.37. The number of hydrogen-bond donors (Lipinski definition) is 2. The van der Waals surface area contributed by atoms with Crippen LogP contribution in [0.1, 0.15) is 10.5 Å². The molecule has 0 fully saturated rings. The number of ether oxygens (including phenoxy) is 1. The Morgan fingerprint density at radius 3 is 2.85 bits per heavy atom. The lowest BCUT2D eigenvalue weighted by Crippen LogP contribution is -2.20. The summed E-state index contributed by atoms with van der Waals surface area (Å²) in [7, 11) is 0. The summed E-state index contributed by atoms with van der Waals surface area (Å²) in [5.74, 6) is -1.83. The highest BCUT2D eigenvalue weighted by atomic mass is 35.5. The number of halogens is 2. The van der Waals surface area contributed by atoms with Gasteiger partial charge in [-0.05, 0) is 24.3 Å². The Labute approximate surface area is 156 Å². The summed E-state index contributed by atoms with van der Waals surface area (Å²) in [6.45, 7) is -0.445. The molecule has 1 aromatic carbocycles. The number of anilines is 1. The molecule has 0 radical (unpaired) electrons. The van der Waals surface area contributed by atoms with Gasteiger partial charge in [-0.15, -0.1) is 0 Å². The van der Waals surface area contributed by atoms with E-state index in [1.54, 1.807) is 0 Å². The van der Waals surface area contributed by atoms with E-state index in [0.717, 1.165) is 10.7 Å².